The number of amides is 1. The number of nitrogens with zero attached hydrogens (tertiary/aromatic N) is 4. The minimum Gasteiger partial charge on any atom is -0.352 e. The largest absolute Gasteiger partial charge is 0.352 e. The van der Waals surface area contributed by atoms with Gasteiger partial charge in [0.1, 0.15) is 16.5 Å². The molecule has 166 valence electrons. The van der Waals surface area contributed by atoms with Crippen LogP contribution in [0.15, 0.2) is 24.3 Å². The van der Waals surface area contributed by atoms with E-state index in [1.807, 2.05) is 28.4 Å². The first-order chi connectivity index (χ1) is 15.7. The van der Waals surface area contributed by atoms with Gasteiger partial charge < -0.3 is 9.80 Å². The number of thiophene rings is 1. The highest BCUT2D eigenvalue weighted by molar-refractivity contribution is 7.19. The van der Waals surface area contributed by atoms with Crippen LogP contribution >= 0.6 is 11.3 Å². The number of anilines is 1. The maximum atomic E-state index is 13.0. The molecule has 1 aromatic carbocycles. The van der Waals surface area contributed by atoms with Crippen LogP contribution in [0.4, 0.5) is 5.82 Å². The van der Waals surface area contributed by atoms with E-state index in [1.54, 1.807) is 0 Å². The number of hydrogen-bond donors (Lipinski definition) is 0. The second-order valence-corrected chi connectivity index (χ2v) is 10.5. The highest BCUT2D eigenvalue weighted by Gasteiger charge is 2.32. The highest BCUT2D eigenvalue weighted by Crippen LogP contribution is 2.44. The van der Waals surface area contributed by atoms with Gasteiger partial charge in [0.15, 0.2) is 0 Å². The van der Waals surface area contributed by atoms with Crippen molar-refractivity contribution in [3.63, 3.8) is 0 Å². The normalized spacial score (nSPS) is 18.8. The molecule has 2 aliphatic carbocycles. The molecule has 5 nitrogen and oxygen atoms in total. The molecule has 1 aliphatic heterocycles. The molecule has 6 rings (SSSR count). The van der Waals surface area contributed by atoms with Gasteiger partial charge in [-0.25, -0.2) is 9.97 Å². The quantitative estimate of drug-likeness (QED) is 0.568. The van der Waals surface area contributed by atoms with Crippen molar-refractivity contribution in [1.82, 2.24) is 14.9 Å². The zero-order chi connectivity index (χ0) is 21.7. The van der Waals surface area contributed by atoms with E-state index in [0.717, 1.165) is 56.2 Å². The summed E-state index contributed by atoms with van der Waals surface area (Å²) in [5.41, 5.74) is 3.57. The Kier molecular flexibility index (Phi) is 5.13. The summed E-state index contributed by atoms with van der Waals surface area (Å²) in [7, 11) is 0. The maximum absolute atomic E-state index is 13.0. The first-order valence-corrected chi connectivity index (χ1v) is 13.0. The van der Waals surface area contributed by atoms with Crippen molar-refractivity contribution in [1.29, 1.82) is 0 Å². The molecule has 0 unspecified atom stereocenters. The van der Waals surface area contributed by atoms with Crippen molar-refractivity contribution >= 4 is 33.3 Å². The van der Waals surface area contributed by atoms with Crippen LogP contribution in [0.1, 0.15) is 70.7 Å². The molecule has 3 aliphatic rings. The molecule has 3 heterocycles. The molecular weight excluding hydrogens is 416 g/mol. The molecule has 1 amide bonds. The fourth-order valence-electron chi connectivity index (χ4n) is 5.09. The van der Waals surface area contributed by atoms with E-state index in [2.05, 4.69) is 24.0 Å². The summed E-state index contributed by atoms with van der Waals surface area (Å²) in [6.45, 7) is 5.29. The van der Waals surface area contributed by atoms with E-state index in [9.17, 15) is 4.79 Å². The summed E-state index contributed by atoms with van der Waals surface area (Å²) >= 11 is 1.90. The van der Waals surface area contributed by atoms with Crippen LogP contribution in [0.2, 0.25) is 0 Å². The number of rotatable bonds is 4. The Morgan fingerprint density at radius 1 is 1.03 bits per heavy atom. The smallest absolute Gasteiger partial charge is 0.253 e. The lowest BCUT2D eigenvalue weighted by atomic mass is 9.97. The van der Waals surface area contributed by atoms with Crippen LogP contribution in [0.25, 0.3) is 10.2 Å². The summed E-state index contributed by atoms with van der Waals surface area (Å²) in [6, 6.07) is 8.09. The number of aromatic nitrogens is 2. The second-order valence-electron chi connectivity index (χ2n) is 9.40. The molecule has 0 N–H and O–H groups in total. The topological polar surface area (TPSA) is 49.3 Å². The van der Waals surface area contributed by atoms with Gasteiger partial charge in [-0.2, -0.15) is 0 Å². The minimum absolute atomic E-state index is 0.145. The highest BCUT2D eigenvalue weighted by atomic mass is 32.1. The van der Waals surface area contributed by atoms with Crippen molar-refractivity contribution < 1.29 is 4.79 Å². The van der Waals surface area contributed by atoms with E-state index < -0.39 is 0 Å². The third-order valence-corrected chi connectivity index (χ3v) is 8.42. The van der Waals surface area contributed by atoms with Crippen LogP contribution < -0.4 is 4.90 Å². The van der Waals surface area contributed by atoms with Crippen molar-refractivity contribution in [3.8, 4) is 0 Å². The Bertz CT molecular complexity index is 1160. The summed E-state index contributed by atoms with van der Waals surface area (Å²) in [5.74, 6) is 2.87. The first kappa shape index (κ1) is 20.2. The number of carbonyl (C=O) groups is 1. The molecule has 2 fully saturated rings. The van der Waals surface area contributed by atoms with Crippen molar-refractivity contribution in [3.05, 3.63) is 51.7 Å². The standard InChI is InChI=1S/C26H30N4OS/c1-2-17-7-9-19(10-8-17)26(31)30-15-13-29(14-16-30)24-22-20-5-3-4-6-21(20)32-25(22)28-23(27-24)18-11-12-18/h7-10,18H,2-6,11-16H2,1H3. The summed E-state index contributed by atoms with van der Waals surface area (Å²) in [6.07, 6.45) is 8.33. The molecule has 1 saturated heterocycles. The molecule has 2 aromatic heterocycles. The summed E-state index contributed by atoms with van der Waals surface area (Å²) in [5, 5.41) is 1.31. The molecule has 1 saturated carbocycles. The van der Waals surface area contributed by atoms with Gasteiger partial charge in [0.05, 0.1) is 5.39 Å². The van der Waals surface area contributed by atoms with Gasteiger partial charge in [-0.1, -0.05) is 19.1 Å². The Hall–Kier alpha value is -2.47. The Morgan fingerprint density at radius 2 is 1.78 bits per heavy atom. The number of aryl methyl sites for hydroxylation is 3. The average molecular weight is 447 g/mol. The van der Waals surface area contributed by atoms with Gasteiger partial charge in [0, 0.05) is 42.5 Å². The van der Waals surface area contributed by atoms with Crippen LogP contribution in [0.5, 0.6) is 0 Å². The Labute approximate surface area is 193 Å². The van der Waals surface area contributed by atoms with Crippen LogP contribution in [-0.2, 0) is 19.3 Å². The number of hydrogen-bond acceptors (Lipinski definition) is 5. The van der Waals surface area contributed by atoms with E-state index in [4.69, 9.17) is 9.97 Å². The zero-order valence-electron chi connectivity index (χ0n) is 18.8. The van der Waals surface area contributed by atoms with Crippen molar-refractivity contribution in [2.45, 2.75) is 57.8 Å². The number of piperazine rings is 1. The summed E-state index contributed by atoms with van der Waals surface area (Å²) in [4.78, 5) is 30.3. The Balaban J connectivity index is 1.26. The van der Waals surface area contributed by atoms with Crippen LogP contribution in [0, 0.1) is 0 Å². The molecule has 6 heteroatoms. The molecule has 0 radical (unpaired) electrons. The predicted octanol–water partition coefficient (Wildman–Crippen LogP) is 4.97. The fourth-order valence-corrected chi connectivity index (χ4v) is 6.36. The second kappa shape index (κ2) is 8.14. The molecule has 32 heavy (non-hydrogen) atoms. The van der Waals surface area contributed by atoms with E-state index in [1.165, 1.54) is 58.3 Å². The Morgan fingerprint density at radius 3 is 2.50 bits per heavy atom. The lowest BCUT2D eigenvalue weighted by Crippen LogP contribution is -2.49. The third kappa shape index (κ3) is 3.58. The zero-order valence-corrected chi connectivity index (χ0v) is 19.6. The fraction of sp³-hybridized carbons (Fsp3) is 0.500. The van der Waals surface area contributed by atoms with Crippen molar-refractivity contribution in [2.75, 3.05) is 31.1 Å². The predicted molar refractivity (Wildman–Crippen MR) is 130 cm³/mol. The number of fused-ring (bicyclic) bond motifs is 3. The molecule has 0 spiro atoms. The van der Waals surface area contributed by atoms with Gasteiger partial charge in [0.25, 0.3) is 5.91 Å². The molecule has 3 aromatic rings. The molecular formula is C26H30N4OS. The minimum atomic E-state index is 0.145. The number of carbonyl (C=O) groups excluding carboxylic acids is 1. The van der Waals surface area contributed by atoms with E-state index in [-0.39, 0.29) is 5.91 Å². The van der Waals surface area contributed by atoms with E-state index in [0.29, 0.717) is 5.92 Å². The van der Waals surface area contributed by atoms with Gasteiger partial charge in [-0.05, 0) is 68.2 Å². The lowest BCUT2D eigenvalue weighted by molar-refractivity contribution is 0.0746. The van der Waals surface area contributed by atoms with Crippen molar-refractivity contribution in [2.24, 2.45) is 0 Å². The monoisotopic (exact) mass is 446 g/mol. The van der Waals surface area contributed by atoms with Crippen LogP contribution in [0.3, 0.4) is 0 Å². The van der Waals surface area contributed by atoms with Gasteiger partial charge in [-0.3, -0.25) is 4.79 Å². The average Bonchev–Trinajstić information content (AvgIpc) is 3.63. The maximum Gasteiger partial charge on any atom is 0.253 e. The first-order valence-electron chi connectivity index (χ1n) is 12.2. The third-order valence-electron chi connectivity index (χ3n) is 7.23. The van der Waals surface area contributed by atoms with Crippen LogP contribution in [-0.4, -0.2) is 47.0 Å². The number of benzene rings is 1. The summed E-state index contributed by atoms with van der Waals surface area (Å²) < 4.78 is 0. The lowest BCUT2D eigenvalue weighted by Gasteiger charge is -2.36. The van der Waals surface area contributed by atoms with Gasteiger partial charge >= 0.3 is 0 Å². The molecule has 0 bridgehead atoms. The van der Waals surface area contributed by atoms with E-state index >= 15 is 0 Å². The van der Waals surface area contributed by atoms with Gasteiger partial charge in [-0.15, -0.1) is 11.3 Å². The van der Waals surface area contributed by atoms with Gasteiger partial charge in [0.2, 0.25) is 0 Å². The SMILES string of the molecule is CCc1ccc(C(=O)N2CCN(c3nc(C4CC4)nc4sc5c(c34)CCCC5)CC2)cc1. The molecule has 0 atom stereocenters.